The number of rotatable bonds is 5. The van der Waals surface area contributed by atoms with E-state index in [9.17, 15) is 5.11 Å². The Morgan fingerprint density at radius 3 is 2.69 bits per heavy atom. The molecule has 4 rings (SSSR count). The molecular formula is C21H25N3O2. The number of para-hydroxylation sites is 1. The van der Waals surface area contributed by atoms with Gasteiger partial charge < -0.3 is 14.4 Å². The Hall–Kier alpha value is -2.29. The van der Waals surface area contributed by atoms with Gasteiger partial charge >= 0.3 is 0 Å². The lowest BCUT2D eigenvalue weighted by atomic mass is 9.85. The highest BCUT2D eigenvalue weighted by Crippen LogP contribution is 2.46. The van der Waals surface area contributed by atoms with Crippen LogP contribution < -0.4 is 4.74 Å². The van der Waals surface area contributed by atoms with Gasteiger partial charge in [-0.25, -0.2) is 4.98 Å². The molecule has 0 amide bonds. The summed E-state index contributed by atoms with van der Waals surface area (Å²) >= 11 is 0. The van der Waals surface area contributed by atoms with E-state index in [0.717, 1.165) is 49.4 Å². The predicted molar refractivity (Wildman–Crippen MR) is 99.5 cm³/mol. The van der Waals surface area contributed by atoms with E-state index in [4.69, 9.17) is 11.2 Å². The Balaban J connectivity index is 1.53. The van der Waals surface area contributed by atoms with Crippen molar-refractivity contribution in [1.82, 2.24) is 14.5 Å². The number of benzene rings is 1. The highest BCUT2D eigenvalue weighted by Gasteiger charge is 2.49. The van der Waals surface area contributed by atoms with Crippen LogP contribution in [0.15, 0.2) is 36.7 Å². The lowest BCUT2D eigenvalue weighted by Gasteiger charge is -2.43. The number of terminal acetylenes is 1. The number of fused-ring (bicyclic) bond motifs is 2. The Morgan fingerprint density at radius 2 is 2.04 bits per heavy atom. The van der Waals surface area contributed by atoms with Crippen molar-refractivity contribution < 1.29 is 9.84 Å². The Labute approximate surface area is 154 Å². The van der Waals surface area contributed by atoms with Gasteiger partial charge in [0.05, 0.1) is 0 Å². The number of piperidine rings is 1. The van der Waals surface area contributed by atoms with Crippen LogP contribution in [0.25, 0.3) is 0 Å². The number of imidazole rings is 1. The van der Waals surface area contributed by atoms with Gasteiger partial charge in [-0.15, -0.1) is 6.42 Å². The zero-order chi connectivity index (χ0) is 18.1. The SMILES string of the molecule is C#CCOc1ccccc1CN1C2CCC1CC(O)(c1nccn1C)C2. The zero-order valence-electron chi connectivity index (χ0n) is 15.1. The molecule has 2 unspecified atom stereocenters. The van der Waals surface area contributed by atoms with Gasteiger partial charge in [0.15, 0.2) is 0 Å². The Morgan fingerprint density at radius 1 is 1.31 bits per heavy atom. The fourth-order valence-corrected chi connectivity index (χ4v) is 4.66. The molecule has 2 atom stereocenters. The fraction of sp³-hybridized carbons (Fsp3) is 0.476. The molecule has 2 bridgehead atoms. The van der Waals surface area contributed by atoms with E-state index in [2.05, 4.69) is 21.9 Å². The third kappa shape index (κ3) is 3.00. The monoisotopic (exact) mass is 351 g/mol. The summed E-state index contributed by atoms with van der Waals surface area (Å²) in [5, 5.41) is 11.3. The van der Waals surface area contributed by atoms with Crippen LogP contribution in [0.3, 0.4) is 0 Å². The lowest BCUT2D eigenvalue weighted by molar-refractivity contribution is -0.0670. The van der Waals surface area contributed by atoms with Gasteiger partial charge in [-0.05, 0) is 31.7 Å². The summed E-state index contributed by atoms with van der Waals surface area (Å²) in [6, 6.07) is 8.80. The van der Waals surface area contributed by atoms with Gasteiger partial charge in [-0.1, -0.05) is 24.1 Å². The van der Waals surface area contributed by atoms with Gasteiger partial charge in [0.1, 0.15) is 23.8 Å². The van der Waals surface area contributed by atoms with Crippen LogP contribution in [0.2, 0.25) is 0 Å². The van der Waals surface area contributed by atoms with Gasteiger partial charge in [0.2, 0.25) is 0 Å². The van der Waals surface area contributed by atoms with Crippen LogP contribution in [0, 0.1) is 12.3 Å². The predicted octanol–water partition coefficient (Wildman–Crippen LogP) is 2.45. The maximum Gasteiger partial charge on any atom is 0.148 e. The van der Waals surface area contributed by atoms with E-state index in [-0.39, 0.29) is 6.61 Å². The first kappa shape index (κ1) is 17.1. The van der Waals surface area contributed by atoms with E-state index in [1.807, 2.05) is 36.0 Å². The van der Waals surface area contributed by atoms with Crippen molar-refractivity contribution in [2.75, 3.05) is 6.61 Å². The summed E-state index contributed by atoms with van der Waals surface area (Å²) < 4.78 is 7.65. The second-order valence-corrected chi connectivity index (χ2v) is 7.46. The summed E-state index contributed by atoms with van der Waals surface area (Å²) in [4.78, 5) is 6.94. The molecule has 5 nitrogen and oxygen atoms in total. The molecular weight excluding hydrogens is 326 g/mol. The molecule has 1 aromatic heterocycles. The summed E-state index contributed by atoms with van der Waals surface area (Å²) in [7, 11) is 1.95. The fourth-order valence-electron chi connectivity index (χ4n) is 4.66. The van der Waals surface area contributed by atoms with Crippen LogP contribution in [0.1, 0.15) is 37.1 Å². The molecule has 0 spiro atoms. The number of hydrogen-bond acceptors (Lipinski definition) is 4. The summed E-state index contributed by atoms with van der Waals surface area (Å²) in [5.41, 5.74) is 0.321. The van der Waals surface area contributed by atoms with E-state index in [1.54, 1.807) is 6.20 Å². The van der Waals surface area contributed by atoms with Crippen molar-refractivity contribution in [3.8, 4) is 18.1 Å². The molecule has 5 heteroatoms. The van der Waals surface area contributed by atoms with Crippen molar-refractivity contribution in [2.45, 2.75) is 49.9 Å². The minimum absolute atomic E-state index is 0.281. The minimum Gasteiger partial charge on any atom is -0.481 e. The number of aliphatic hydroxyl groups is 1. The van der Waals surface area contributed by atoms with Crippen LogP contribution in [-0.2, 0) is 19.2 Å². The summed E-state index contributed by atoms with van der Waals surface area (Å²) in [5.74, 6) is 4.17. The number of aromatic nitrogens is 2. The number of hydrogen-bond donors (Lipinski definition) is 1. The topological polar surface area (TPSA) is 50.5 Å². The molecule has 2 aromatic rings. The lowest BCUT2D eigenvalue weighted by Crippen LogP contribution is -2.50. The molecule has 26 heavy (non-hydrogen) atoms. The van der Waals surface area contributed by atoms with E-state index in [0.29, 0.717) is 12.1 Å². The highest BCUT2D eigenvalue weighted by atomic mass is 16.5. The molecule has 1 aromatic carbocycles. The molecule has 0 radical (unpaired) electrons. The largest absolute Gasteiger partial charge is 0.481 e. The summed E-state index contributed by atoms with van der Waals surface area (Å²) in [6.07, 6.45) is 12.7. The first-order valence-corrected chi connectivity index (χ1v) is 9.21. The maximum atomic E-state index is 11.3. The van der Waals surface area contributed by atoms with Crippen molar-refractivity contribution >= 4 is 0 Å². The number of aryl methyl sites for hydroxylation is 1. The van der Waals surface area contributed by atoms with Crippen LogP contribution in [-0.4, -0.2) is 38.2 Å². The quantitative estimate of drug-likeness (QED) is 0.841. The van der Waals surface area contributed by atoms with Gasteiger partial charge in [-0.2, -0.15) is 0 Å². The second kappa shape index (κ2) is 6.79. The van der Waals surface area contributed by atoms with Crippen LogP contribution >= 0.6 is 0 Å². The molecule has 0 saturated carbocycles. The van der Waals surface area contributed by atoms with E-state index >= 15 is 0 Å². The van der Waals surface area contributed by atoms with Crippen LogP contribution in [0.5, 0.6) is 5.75 Å². The first-order valence-electron chi connectivity index (χ1n) is 9.21. The first-order chi connectivity index (χ1) is 12.6. The maximum absolute atomic E-state index is 11.3. The molecule has 3 heterocycles. The number of nitrogens with zero attached hydrogens (tertiary/aromatic N) is 3. The van der Waals surface area contributed by atoms with Crippen molar-refractivity contribution in [3.63, 3.8) is 0 Å². The average Bonchev–Trinajstić information content (AvgIpc) is 3.17. The van der Waals surface area contributed by atoms with Crippen LogP contribution in [0.4, 0.5) is 0 Å². The molecule has 136 valence electrons. The van der Waals surface area contributed by atoms with Crippen molar-refractivity contribution in [1.29, 1.82) is 0 Å². The zero-order valence-corrected chi connectivity index (χ0v) is 15.1. The van der Waals surface area contributed by atoms with Crippen molar-refractivity contribution in [3.05, 3.63) is 48.0 Å². The van der Waals surface area contributed by atoms with Gasteiger partial charge in [-0.3, -0.25) is 4.90 Å². The third-order valence-electron chi connectivity index (χ3n) is 5.79. The molecule has 2 aliphatic rings. The molecule has 2 saturated heterocycles. The Kier molecular flexibility index (Phi) is 4.47. The van der Waals surface area contributed by atoms with Crippen molar-refractivity contribution in [2.24, 2.45) is 7.05 Å². The highest BCUT2D eigenvalue weighted by molar-refractivity contribution is 5.34. The number of ether oxygens (including phenoxy) is 1. The summed E-state index contributed by atoms with van der Waals surface area (Å²) in [6.45, 7) is 1.11. The van der Waals surface area contributed by atoms with E-state index < -0.39 is 5.60 Å². The molecule has 2 aliphatic heterocycles. The second-order valence-electron chi connectivity index (χ2n) is 7.46. The molecule has 1 N–H and O–H groups in total. The Bertz CT molecular complexity index is 809. The standard InChI is InChI=1S/C21H25N3O2/c1-3-12-26-19-7-5-4-6-16(19)15-24-17-8-9-18(24)14-21(25,13-17)20-22-10-11-23(20)2/h1,4-7,10-11,17-18,25H,8-9,12-15H2,2H3. The third-order valence-corrected chi connectivity index (χ3v) is 5.79. The molecule has 0 aliphatic carbocycles. The average molecular weight is 351 g/mol. The normalized spacial score (nSPS) is 28.0. The minimum atomic E-state index is -0.833. The van der Waals surface area contributed by atoms with Gasteiger partial charge in [0, 0.05) is 43.6 Å². The van der Waals surface area contributed by atoms with Gasteiger partial charge in [0.25, 0.3) is 0 Å². The van der Waals surface area contributed by atoms with E-state index in [1.165, 1.54) is 0 Å². The smallest absolute Gasteiger partial charge is 0.148 e. The molecule has 2 fully saturated rings.